The Morgan fingerprint density at radius 3 is 1.76 bits per heavy atom. The lowest BCUT2D eigenvalue weighted by Gasteiger charge is -2.42. The van der Waals surface area contributed by atoms with Gasteiger partial charge in [-0.2, -0.15) is 0 Å². The average molecular weight is 1060 g/mol. The highest BCUT2D eigenvalue weighted by Gasteiger charge is 2.46. The van der Waals surface area contributed by atoms with E-state index in [1.54, 1.807) is 34.5 Å². The van der Waals surface area contributed by atoms with Crippen LogP contribution in [0.2, 0.25) is 34.8 Å². The minimum atomic E-state index is -2.13. The van der Waals surface area contributed by atoms with Crippen molar-refractivity contribution in [3.63, 3.8) is 0 Å². The first kappa shape index (κ1) is 68.7. The number of aliphatic hydroxyl groups is 3. The normalized spacial score (nSPS) is 22.6. The number of aliphatic hydroxyl groups excluding tert-OH is 3. The molecule has 0 spiro atoms. The van der Waals surface area contributed by atoms with Gasteiger partial charge >= 0.3 is 5.97 Å². The first-order valence-electron chi connectivity index (χ1n) is 27.7. The number of aliphatic carboxylic acids is 1. The maximum atomic E-state index is 11.8. The number of carboxylic acid groups (broad SMARTS) is 1. The van der Waals surface area contributed by atoms with Gasteiger partial charge in [0.1, 0.15) is 0 Å². The van der Waals surface area contributed by atoms with Crippen LogP contribution in [-0.4, -0.2) is 139 Å². The van der Waals surface area contributed by atoms with Gasteiger partial charge in [-0.3, -0.25) is 0 Å². The highest BCUT2D eigenvalue weighted by molar-refractivity contribution is 6.77. The fourth-order valence-corrected chi connectivity index (χ4v) is 18.4. The van der Waals surface area contributed by atoms with Gasteiger partial charge in [0.2, 0.25) is 0 Å². The van der Waals surface area contributed by atoms with Crippen molar-refractivity contribution in [2.75, 3.05) is 35.0 Å². The Morgan fingerprint density at radius 2 is 1.26 bits per heavy atom. The lowest BCUT2D eigenvalue weighted by atomic mass is 9.78. The number of ether oxygens (including phenoxy) is 5. The second kappa shape index (κ2) is 32.5. The van der Waals surface area contributed by atoms with E-state index in [-0.39, 0.29) is 77.4 Å². The lowest BCUT2D eigenvalue weighted by Crippen LogP contribution is -2.48. The number of hydrogen-bond acceptors (Lipinski definition) is 11. The predicted molar refractivity (Wildman–Crippen MR) is 301 cm³/mol. The summed E-state index contributed by atoms with van der Waals surface area (Å²) < 4.78 is 45.0. The standard InChI is InChI=1S/C58H112O12Si2/c1-37(2)72(38(3)4,39(5)6)68-33-32-42(9)57(67-20)43(10)50(59)30-28-41(8)55(62)46(13)56(63)45(12)53(66-19)36-52(65-18)44(11)51(64-17)35-48-25-23-24-47(69-48)34-49(70-71(21,22)58(14,15)16)29-26-40(7)27-31-54(60)61/h23-24,26-27,31,37-39,41-53,55-57,59,62-63H,25,28-30,32-36H2,1-22H3,(H,60,61)/b31-27+,40-26+/t41-,42+,43-,44+,45-,46-,47-,48-,49-,50-,51-,52-,53+,55-,56-,57+/m0/s1. The molecule has 0 fully saturated rings. The Kier molecular flexibility index (Phi) is 31.0. The molecule has 0 radical (unpaired) electrons. The van der Waals surface area contributed by atoms with Crippen molar-refractivity contribution in [3.8, 4) is 0 Å². The van der Waals surface area contributed by atoms with Crippen LogP contribution >= 0.6 is 0 Å². The summed E-state index contributed by atoms with van der Waals surface area (Å²) in [5, 5.41) is 44.1. The third-order valence-electron chi connectivity index (χ3n) is 17.4. The molecule has 0 aromatic heterocycles. The van der Waals surface area contributed by atoms with Crippen molar-refractivity contribution in [2.45, 2.75) is 258 Å². The zero-order chi connectivity index (χ0) is 55.5. The van der Waals surface area contributed by atoms with Crippen LogP contribution in [0.15, 0.2) is 36.0 Å². The van der Waals surface area contributed by atoms with Crippen LogP contribution < -0.4 is 0 Å². The van der Waals surface area contributed by atoms with Crippen molar-refractivity contribution in [3.05, 3.63) is 36.0 Å². The molecule has 4 N–H and O–H groups in total. The summed E-state index contributed by atoms with van der Waals surface area (Å²) in [6, 6.07) is 0. The molecule has 0 aromatic rings. The Bertz CT molecular complexity index is 1570. The molecule has 1 aliphatic rings. The van der Waals surface area contributed by atoms with E-state index < -0.39 is 46.8 Å². The Hall–Kier alpha value is -1.28. The molecule has 424 valence electrons. The fraction of sp³-hybridized carbons (Fsp3) is 0.879. The molecule has 72 heavy (non-hydrogen) atoms. The van der Waals surface area contributed by atoms with Crippen LogP contribution in [0, 0.1) is 35.5 Å². The van der Waals surface area contributed by atoms with E-state index in [0.717, 1.165) is 24.5 Å². The molecular weight excluding hydrogens is 945 g/mol. The highest BCUT2D eigenvalue weighted by atomic mass is 28.4. The zero-order valence-corrected chi connectivity index (χ0v) is 51.8. The summed E-state index contributed by atoms with van der Waals surface area (Å²) in [5.41, 5.74) is 2.44. The van der Waals surface area contributed by atoms with Crippen LogP contribution in [0.1, 0.15) is 162 Å². The van der Waals surface area contributed by atoms with Crippen molar-refractivity contribution < 1.29 is 57.8 Å². The summed E-state index contributed by atoms with van der Waals surface area (Å²) >= 11 is 0. The molecule has 0 saturated carbocycles. The number of hydrogen-bond donors (Lipinski definition) is 4. The van der Waals surface area contributed by atoms with E-state index in [0.29, 0.717) is 61.8 Å². The van der Waals surface area contributed by atoms with Gasteiger partial charge in [-0.25, -0.2) is 4.79 Å². The zero-order valence-electron chi connectivity index (χ0n) is 49.8. The first-order valence-corrected chi connectivity index (χ1v) is 32.8. The lowest BCUT2D eigenvalue weighted by molar-refractivity contribution is -0.131. The molecule has 0 aliphatic carbocycles. The number of methoxy groups -OCH3 is 4. The average Bonchev–Trinajstić information content (AvgIpc) is 3.30. The van der Waals surface area contributed by atoms with Crippen LogP contribution in [0.4, 0.5) is 0 Å². The van der Waals surface area contributed by atoms with Gasteiger partial charge in [-0.1, -0.05) is 134 Å². The summed E-state index contributed by atoms with van der Waals surface area (Å²) in [7, 11) is 2.73. The summed E-state index contributed by atoms with van der Waals surface area (Å²) in [5.74, 6) is -1.83. The van der Waals surface area contributed by atoms with Crippen LogP contribution in [-0.2, 0) is 37.3 Å². The molecule has 0 bridgehead atoms. The van der Waals surface area contributed by atoms with E-state index in [4.69, 9.17) is 37.6 Å². The molecule has 14 heteroatoms. The maximum absolute atomic E-state index is 11.8. The van der Waals surface area contributed by atoms with E-state index in [9.17, 15) is 20.1 Å². The second-order valence-corrected chi connectivity index (χ2v) is 34.7. The maximum Gasteiger partial charge on any atom is 0.328 e. The highest BCUT2D eigenvalue weighted by Crippen LogP contribution is 2.43. The number of allylic oxidation sites excluding steroid dienone is 2. The van der Waals surface area contributed by atoms with Gasteiger partial charge in [-0.05, 0) is 85.6 Å². The topological polar surface area (TPSA) is 163 Å². The van der Waals surface area contributed by atoms with E-state index in [1.165, 1.54) is 0 Å². The van der Waals surface area contributed by atoms with E-state index in [2.05, 4.69) is 114 Å². The molecule has 16 atom stereocenters. The third-order valence-corrected chi connectivity index (χ3v) is 28.1. The van der Waals surface area contributed by atoms with E-state index >= 15 is 0 Å². The number of rotatable bonds is 36. The van der Waals surface area contributed by atoms with Crippen LogP contribution in [0.25, 0.3) is 0 Å². The molecule has 0 amide bonds. The molecule has 12 nitrogen and oxygen atoms in total. The molecular formula is C58H112O12Si2. The SMILES string of the molecule is CO[C@@H]([C@@H](C)[C@@H](O)CC[C@H](C)[C@H](O)[C@H](C)[C@@H](O)[C@@H](C)[C@@H](C[C@H](OC)[C@H](C)[C@H](C[C@@H]1CC=C[C@@H](C[C@H](C/C=C(C)/C=C/C(=O)O)O[Si](C)(C)C(C)(C)C)O1)OC)OC)[C@H](C)CCO[Si](C(C)C)(C(C)C)C(C)C. The smallest absolute Gasteiger partial charge is 0.328 e. The number of carbonyl (C=O) groups is 1. The molecule has 1 aliphatic heterocycles. The van der Waals surface area contributed by atoms with Gasteiger partial charge in [0.15, 0.2) is 16.6 Å². The van der Waals surface area contributed by atoms with Crippen LogP contribution in [0.5, 0.6) is 0 Å². The van der Waals surface area contributed by atoms with Gasteiger partial charge in [0, 0.05) is 84.1 Å². The van der Waals surface area contributed by atoms with Crippen molar-refractivity contribution in [1.82, 2.24) is 0 Å². The largest absolute Gasteiger partial charge is 0.478 e. The van der Waals surface area contributed by atoms with Crippen molar-refractivity contribution in [2.24, 2.45) is 35.5 Å². The Morgan fingerprint density at radius 1 is 0.708 bits per heavy atom. The van der Waals surface area contributed by atoms with Crippen LogP contribution in [0.3, 0.4) is 0 Å². The third kappa shape index (κ3) is 20.9. The quantitative estimate of drug-likeness (QED) is 0.0204. The summed E-state index contributed by atoms with van der Waals surface area (Å²) in [6.45, 7) is 39.9. The second-order valence-electron chi connectivity index (χ2n) is 24.5. The van der Waals surface area contributed by atoms with Gasteiger partial charge < -0.3 is 53.0 Å². The monoisotopic (exact) mass is 1060 g/mol. The van der Waals surface area contributed by atoms with E-state index in [1.807, 2.05) is 27.7 Å². The van der Waals surface area contributed by atoms with Gasteiger partial charge in [0.05, 0.1) is 61.0 Å². The molecule has 0 unspecified atom stereocenters. The Labute approximate surface area is 443 Å². The van der Waals surface area contributed by atoms with Gasteiger partial charge in [0.25, 0.3) is 0 Å². The van der Waals surface area contributed by atoms with Crippen molar-refractivity contribution >= 4 is 22.6 Å². The minimum absolute atomic E-state index is 0.0217. The fourth-order valence-electron chi connectivity index (χ4n) is 11.5. The molecule has 1 heterocycles. The molecule has 0 saturated heterocycles. The summed E-state index contributed by atoms with van der Waals surface area (Å²) in [6.07, 6.45) is 10.9. The van der Waals surface area contributed by atoms with Gasteiger partial charge in [-0.15, -0.1) is 0 Å². The predicted octanol–water partition coefficient (Wildman–Crippen LogP) is 12.6. The first-order chi connectivity index (χ1) is 33.4. The van der Waals surface area contributed by atoms with Crippen molar-refractivity contribution in [1.29, 1.82) is 0 Å². The Balaban J connectivity index is 2.97. The minimum Gasteiger partial charge on any atom is -0.478 e. The molecule has 0 aromatic carbocycles. The summed E-state index contributed by atoms with van der Waals surface area (Å²) in [4.78, 5) is 11.1. The number of carboxylic acids is 1. The molecule has 1 rings (SSSR count).